The second-order valence-electron chi connectivity index (χ2n) is 4.68. The molecule has 2 aromatic carbocycles. The van der Waals surface area contributed by atoms with Crippen molar-refractivity contribution >= 4 is 0 Å². The molecule has 2 nitrogen and oxygen atoms in total. The summed E-state index contributed by atoms with van der Waals surface area (Å²) in [6, 6.07) is 10.2. The molecule has 0 heterocycles. The molecule has 0 radical (unpaired) electrons. The van der Waals surface area contributed by atoms with Crippen LogP contribution in [0.5, 0.6) is 11.5 Å². The fourth-order valence-electron chi connectivity index (χ4n) is 1.92. The topological polar surface area (TPSA) is 29.5 Å². The van der Waals surface area contributed by atoms with Gasteiger partial charge >= 0.3 is 0 Å². The van der Waals surface area contributed by atoms with Crippen molar-refractivity contribution < 1.29 is 14.2 Å². The molecule has 0 aliphatic carbocycles. The first kappa shape index (κ1) is 13.6. The molecule has 2 rings (SSSR count). The Balaban J connectivity index is 2.38. The highest BCUT2D eigenvalue weighted by atomic mass is 19.1. The summed E-state index contributed by atoms with van der Waals surface area (Å²) < 4.78 is 19.4. The molecular weight excluding hydrogens is 243 g/mol. The lowest BCUT2D eigenvalue weighted by Gasteiger charge is -2.14. The summed E-state index contributed by atoms with van der Waals surface area (Å²) in [7, 11) is 0. The van der Waals surface area contributed by atoms with Gasteiger partial charge in [0.15, 0.2) is 0 Å². The number of aryl methyl sites for hydroxylation is 2. The zero-order chi connectivity index (χ0) is 14.0. The minimum atomic E-state index is -0.914. The van der Waals surface area contributed by atoms with Gasteiger partial charge in [-0.2, -0.15) is 0 Å². The van der Waals surface area contributed by atoms with Crippen LogP contribution in [0.4, 0.5) is 4.39 Å². The minimum Gasteiger partial charge on any atom is -0.457 e. The van der Waals surface area contributed by atoms with Crippen molar-refractivity contribution in [3.05, 3.63) is 58.9 Å². The van der Waals surface area contributed by atoms with E-state index in [9.17, 15) is 9.50 Å². The van der Waals surface area contributed by atoms with E-state index in [2.05, 4.69) is 0 Å². The zero-order valence-corrected chi connectivity index (χ0v) is 11.3. The Labute approximate surface area is 112 Å². The fraction of sp³-hybridized carbons (Fsp3) is 0.250. The Morgan fingerprint density at radius 1 is 1.11 bits per heavy atom. The number of aliphatic hydroxyl groups excluding tert-OH is 1. The average molecular weight is 260 g/mol. The van der Waals surface area contributed by atoms with Crippen LogP contribution in [0.2, 0.25) is 0 Å². The van der Waals surface area contributed by atoms with Crippen LogP contribution in [0.1, 0.15) is 29.7 Å². The predicted octanol–water partition coefficient (Wildman–Crippen LogP) is 4.29. The van der Waals surface area contributed by atoms with E-state index in [0.29, 0.717) is 11.5 Å². The molecule has 0 amide bonds. The maximum atomic E-state index is 13.7. The maximum Gasteiger partial charge on any atom is 0.136 e. The molecule has 2 aromatic rings. The van der Waals surface area contributed by atoms with Crippen molar-refractivity contribution in [2.24, 2.45) is 0 Å². The minimum absolute atomic E-state index is 0.181. The van der Waals surface area contributed by atoms with Crippen molar-refractivity contribution in [3.8, 4) is 11.5 Å². The largest absolute Gasteiger partial charge is 0.457 e. The lowest BCUT2D eigenvalue weighted by molar-refractivity contribution is 0.190. The van der Waals surface area contributed by atoms with E-state index in [1.165, 1.54) is 18.6 Å². The molecule has 0 fully saturated rings. The molecule has 19 heavy (non-hydrogen) atoms. The Morgan fingerprint density at radius 3 is 2.47 bits per heavy atom. The molecule has 0 aliphatic rings. The molecule has 0 bridgehead atoms. The molecule has 0 saturated heterocycles. The van der Waals surface area contributed by atoms with E-state index in [-0.39, 0.29) is 5.56 Å². The van der Waals surface area contributed by atoms with Gasteiger partial charge in [0.1, 0.15) is 17.3 Å². The van der Waals surface area contributed by atoms with E-state index in [0.717, 1.165) is 5.56 Å². The molecule has 0 aliphatic heterocycles. The molecule has 1 N–H and O–H groups in total. The summed E-state index contributed by atoms with van der Waals surface area (Å²) in [4.78, 5) is 0. The first-order valence-corrected chi connectivity index (χ1v) is 6.20. The molecule has 100 valence electrons. The number of rotatable bonds is 3. The predicted molar refractivity (Wildman–Crippen MR) is 73.0 cm³/mol. The van der Waals surface area contributed by atoms with Crippen molar-refractivity contribution in [2.45, 2.75) is 26.9 Å². The zero-order valence-electron chi connectivity index (χ0n) is 11.3. The fourth-order valence-corrected chi connectivity index (χ4v) is 1.92. The van der Waals surface area contributed by atoms with Gasteiger partial charge in [-0.15, -0.1) is 0 Å². The quantitative estimate of drug-likeness (QED) is 0.892. The van der Waals surface area contributed by atoms with Crippen LogP contribution in [0.25, 0.3) is 0 Å². The highest BCUT2D eigenvalue weighted by molar-refractivity contribution is 5.42. The van der Waals surface area contributed by atoms with Crippen LogP contribution in [0.3, 0.4) is 0 Å². The molecule has 1 atom stereocenters. The third-order valence-electron chi connectivity index (χ3n) is 3.14. The Kier molecular flexibility index (Phi) is 3.86. The van der Waals surface area contributed by atoms with Gasteiger partial charge in [-0.05, 0) is 56.2 Å². The van der Waals surface area contributed by atoms with Crippen LogP contribution in [0.15, 0.2) is 36.4 Å². The van der Waals surface area contributed by atoms with E-state index < -0.39 is 11.9 Å². The number of ether oxygens (including phenoxy) is 1. The maximum absolute atomic E-state index is 13.7. The summed E-state index contributed by atoms with van der Waals surface area (Å²) in [6.07, 6.45) is -0.914. The van der Waals surface area contributed by atoms with E-state index in [4.69, 9.17) is 4.74 Å². The third-order valence-corrected chi connectivity index (χ3v) is 3.14. The molecule has 0 aromatic heterocycles. The van der Waals surface area contributed by atoms with Gasteiger partial charge in [0.25, 0.3) is 0 Å². The number of hydrogen-bond acceptors (Lipinski definition) is 2. The van der Waals surface area contributed by atoms with Gasteiger partial charge in [-0.1, -0.05) is 12.1 Å². The van der Waals surface area contributed by atoms with Gasteiger partial charge in [0.2, 0.25) is 0 Å². The van der Waals surface area contributed by atoms with Crippen LogP contribution < -0.4 is 4.74 Å². The van der Waals surface area contributed by atoms with Crippen molar-refractivity contribution in [3.63, 3.8) is 0 Å². The van der Waals surface area contributed by atoms with Gasteiger partial charge in [0.05, 0.1) is 11.7 Å². The summed E-state index contributed by atoms with van der Waals surface area (Å²) in [5.41, 5.74) is 2.45. The summed E-state index contributed by atoms with van der Waals surface area (Å²) in [5.74, 6) is 0.519. The molecule has 3 heteroatoms. The van der Waals surface area contributed by atoms with Crippen LogP contribution in [-0.4, -0.2) is 5.11 Å². The number of hydrogen-bond donors (Lipinski definition) is 1. The summed E-state index contributed by atoms with van der Waals surface area (Å²) in [6.45, 7) is 5.53. The van der Waals surface area contributed by atoms with Gasteiger partial charge < -0.3 is 9.84 Å². The van der Waals surface area contributed by atoms with Crippen LogP contribution in [-0.2, 0) is 0 Å². The molecular formula is C16H17FO2. The number of aliphatic hydroxyl groups is 1. The van der Waals surface area contributed by atoms with Crippen molar-refractivity contribution in [1.29, 1.82) is 0 Å². The van der Waals surface area contributed by atoms with Crippen molar-refractivity contribution in [2.75, 3.05) is 0 Å². The lowest BCUT2D eigenvalue weighted by Crippen LogP contribution is -2.00. The summed E-state index contributed by atoms with van der Waals surface area (Å²) in [5, 5.41) is 9.64. The lowest BCUT2D eigenvalue weighted by atomic mass is 10.1. The normalized spacial score (nSPS) is 12.3. The highest BCUT2D eigenvalue weighted by Crippen LogP contribution is 2.32. The number of halogens is 1. The van der Waals surface area contributed by atoms with Gasteiger partial charge in [0, 0.05) is 0 Å². The first-order valence-electron chi connectivity index (χ1n) is 6.20. The average Bonchev–Trinajstić information content (AvgIpc) is 2.33. The second-order valence-corrected chi connectivity index (χ2v) is 4.68. The molecule has 0 saturated carbocycles. The Morgan fingerprint density at radius 2 is 1.84 bits per heavy atom. The van der Waals surface area contributed by atoms with Crippen LogP contribution in [0, 0.1) is 19.7 Å². The van der Waals surface area contributed by atoms with E-state index in [1.807, 2.05) is 32.0 Å². The monoisotopic (exact) mass is 260 g/mol. The standard InChI is InChI=1S/C16H17FO2/c1-10-7-8-13(9-11(10)2)19-15-6-4-5-14(17)16(15)12(3)18/h4-9,12,18H,1-3H3/t12-/m1/s1. The highest BCUT2D eigenvalue weighted by Gasteiger charge is 2.15. The molecule has 0 unspecified atom stereocenters. The smallest absolute Gasteiger partial charge is 0.136 e. The Bertz CT molecular complexity index is 591. The van der Waals surface area contributed by atoms with Crippen LogP contribution >= 0.6 is 0 Å². The van der Waals surface area contributed by atoms with Crippen molar-refractivity contribution in [1.82, 2.24) is 0 Å². The molecule has 0 spiro atoms. The third kappa shape index (κ3) is 2.93. The summed E-state index contributed by atoms with van der Waals surface area (Å²) >= 11 is 0. The SMILES string of the molecule is Cc1ccc(Oc2cccc(F)c2[C@@H](C)O)cc1C. The Hall–Kier alpha value is -1.87. The second kappa shape index (κ2) is 5.41. The first-order chi connectivity index (χ1) is 8.99. The van der Waals surface area contributed by atoms with Gasteiger partial charge in [-0.25, -0.2) is 4.39 Å². The van der Waals surface area contributed by atoms with E-state index >= 15 is 0 Å². The van der Waals surface area contributed by atoms with Gasteiger partial charge in [-0.3, -0.25) is 0 Å². The number of benzene rings is 2. The van der Waals surface area contributed by atoms with E-state index in [1.54, 1.807) is 12.1 Å².